The molecule has 29 heavy (non-hydrogen) atoms. The Kier molecular flexibility index (Phi) is 4.62. The van der Waals surface area contributed by atoms with Gasteiger partial charge in [-0.25, -0.2) is 9.50 Å². The molecule has 5 rings (SSSR count). The summed E-state index contributed by atoms with van der Waals surface area (Å²) in [5.74, 6) is -0.290. The number of fused-ring (bicyclic) bond motifs is 2. The molecule has 1 spiro atoms. The number of amides is 1. The molecule has 4 heterocycles. The summed E-state index contributed by atoms with van der Waals surface area (Å²) in [6.07, 6.45) is 4.03. The summed E-state index contributed by atoms with van der Waals surface area (Å²) in [6, 6.07) is 8.28. The average Bonchev–Trinajstić information content (AvgIpc) is 3.05. The predicted octanol–water partition coefficient (Wildman–Crippen LogP) is 2.44. The molecule has 1 aromatic carbocycles. The predicted molar refractivity (Wildman–Crippen MR) is 112 cm³/mol. The highest BCUT2D eigenvalue weighted by molar-refractivity contribution is 9.10. The summed E-state index contributed by atoms with van der Waals surface area (Å²) in [7, 11) is 0. The lowest BCUT2D eigenvalue weighted by atomic mass is 9.76. The topological polar surface area (TPSA) is 82.8 Å². The second-order valence-corrected chi connectivity index (χ2v) is 8.97. The standard InChI is InChI=1S/C20H19BrClN5O2/c21-14-9-23-18-16(22)17(25-27(18)10-14)19(29)26-6-5-20(15(28)11-26)7-12-3-1-2-4-13(12)8-24-20/h1-4,9-10,15,24,28H,5-8,11H2/t15-,20+/m1/s1. The van der Waals surface area contributed by atoms with Crippen molar-refractivity contribution in [1.29, 1.82) is 0 Å². The first-order chi connectivity index (χ1) is 14.0. The number of carbonyl (C=O) groups excluding carboxylic acids is 1. The van der Waals surface area contributed by atoms with Crippen molar-refractivity contribution >= 4 is 39.1 Å². The Morgan fingerprint density at radius 2 is 2.14 bits per heavy atom. The summed E-state index contributed by atoms with van der Waals surface area (Å²) in [5, 5.41) is 19.1. The fourth-order valence-electron chi connectivity index (χ4n) is 4.32. The SMILES string of the molecule is O=C(c1nn2cc(Br)cnc2c1Cl)N1CC[C@]2(Cc3ccccc3CN2)[C@H](O)C1. The summed E-state index contributed by atoms with van der Waals surface area (Å²) >= 11 is 9.71. The molecule has 0 bridgehead atoms. The summed E-state index contributed by atoms with van der Waals surface area (Å²) < 4.78 is 2.23. The highest BCUT2D eigenvalue weighted by Crippen LogP contribution is 2.33. The number of nitrogens with one attached hydrogen (secondary N) is 1. The molecule has 2 atom stereocenters. The maximum atomic E-state index is 13.1. The van der Waals surface area contributed by atoms with E-state index in [1.54, 1.807) is 17.3 Å². The zero-order valence-corrected chi connectivity index (χ0v) is 17.8. The van der Waals surface area contributed by atoms with Crippen LogP contribution in [0.3, 0.4) is 0 Å². The third-order valence-electron chi connectivity index (χ3n) is 5.99. The number of β-amino-alcohol motifs (C(OH)–C–C–N with tert-alkyl or cyclic N) is 1. The van der Waals surface area contributed by atoms with Crippen LogP contribution >= 0.6 is 27.5 Å². The maximum Gasteiger partial charge on any atom is 0.276 e. The van der Waals surface area contributed by atoms with Crippen molar-refractivity contribution in [2.45, 2.75) is 31.0 Å². The van der Waals surface area contributed by atoms with E-state index in [1.807, 2.05) is 12.1 Å². The van der Waals surface area contributed by atoms with Crippen molar-refractivity contribution in [3.63, 3.8) is 0 Å². The van der Waals surface area contributed by atoms with Crippen LogP contribution in [-0.2, 0) is 13.0 Å². The molecule has 2 aliphatic heterocycles. The van der Waals surface area contributed by atoms with E-state index in [-0.39, 0.29) is 23.2 Å². The van der Waals surface area contributed by atoms with Crippen molar-refractivity contribution < 1.29 is 9.90 Å². The first-order valence-electron chi connectivity index (χ1n) is 9.45. The molecule has 1 amide bonds. The van der Waals surface area contributed by atoms with Crippen molar-refractivity contribution in [3.8, 4) is 0 Å². The molecule has 0 aliphatic carbocycles. The Morgan fingerprint density at radius 1 is 1.34 bits per heavy atom. The van der Waals surface area contributed by atoms with E-state index in [4.69, 9.17) is 11.6 Å². The van der Waals surface area contributed by atoms with Gasteiger partial charge in [0.2, 0.25) is 0 Å². The lowest BCUT2D eigenvalue weighted by Gasteiger charge is -2.48. The largest absolute Gasteiger partial charge is 0.389 e. The first-order valence-corrected chi connectivity index (χ1v) is 10.6. The number of rotatable bonds is 1. The number of aliphatic hydroxyl groups is 1. The molecule has 7 nitrogen and oxygen atoms in total. The zero-order valence-electron chi connectivity index (χ0n) is 15.5. The van der Waals surface area contributed by atoms with Crippen LogP contribution in [-0.4, -0.2) is 55.2 Å². The third-order valence-corrected chi connectivity index (χ3v) is 6.75. The monoisotopic (exact) mass is 475 g/mol. The summed E-state index contributed by atoms with van der Waals surface area (Å²) in [5.41, 5.74) is 2.68. The Bertz CT molecular complexity index is 1120. The van der Waals surface area contributed by atoms with Gasteiger partial charge < -0.3 is 15.3 Å². The number of benzene rings is 1. The Hall–Kier alpha value is -2.00. The van der Waals surface area contributed by atoms with Crippen LogP contribution in [0.1, 0.15) is 28.0 Å². The number of hydrogen-bond acceptors (Lipinski definition) is 5. The van der Waals surface area contributed by atoms with E-state index in [1.165, 1.54) is 15.6 Å². The van der Waals surface area contributed by atoms with Gasteiger partial charge in [-0.05, 0) is 39.9 Å². The molecule has 2 aliphatic rings. The summed E-state index contributed by atoms with van der Waals surface area (Å²) in [6.45, 7) is 1.47. The second kappa shape index (κ2) is 7.05. The van der Waals surface area contributed by atoms with E-state index in [0.29, 0.717) is 18.6 Å². The molecule has 1 fully saturated rings. The maximum absolute atomic E-state index is 13.1. The van der Waals surface area contributed by atoms with E-state index in [2.05, 4.69) is 43.5 Å². The summed E-state index contributed by atoms with van der Waals surface area (Å²) in [4.78, 5) is 18.9. The van der Waals surface area contributed by atoms with E-state index in [9.17, 15) is 9.90 Å². The number of nitrogens with zero attached hydrogens (tertiary/aromatic N) is 4. The molecule has 9 heteroatoms. The van der Waals surface area contributed by atoms with Crippen LogP contribution in [0, 0.1) is 0 Å². The molecule has 150 valence electrons. The number of halogens is 2. The van der Waals surface area contributed by atoms with Gasteiger partial charge in [0.15, 0.2) is 11.3 Å². The van der Waals surface area contributed by atoms with Crippen LogP contribution < -0.4 is 5.32 Å². The molecule has 2 aromatic heterocycles. The number of carbonyl (C=O) groups is 1. The van der Waals surface area contributed by atoms with Gasteiger partial charge in [0.1, 0.15) is 5.02 Å². The van der Waals surface area contributed by atoms with E-state index < -0.39 is 11.6 Å². The normalized spacial score (nSPS) is 24.1. The highest BCUT2D eigenvalue weighted by Gasteiger charge is 2.45. The number of piperidine rings is 1. The minimum Gasteiger partial charge on any atom is -0.389 e. The number of hydrogen-bond donors (Lipinski definition) is 2. The number of aromatic nitrogens is 3. The van der Waals surface area contributed by atoms with Crippen LogP contribution in [0.25, 0.3) is 5.65 Å². The number of likely N-dealkylation sites (tertiary alicyclic amines) is 1. The van der Waals surface area contributed by atoms with Gasteiger partial charge in [0, 0.05) is 32.0 Å². The molecule has 3 aromatic rings. The smallest absolute Gasteiger partial charge is 0.276 e. The van der Waals surface area contributed by atoms with Gasteiger partial charge in [-0.15, -0.1) is 0 Å². The lowest BCUT2D eigenvalue weighted by molar-refractivity contribution is -0.0140. The van der Waals surface area contributed by atoms with Gasteiger partial charge in [-0.3, -0.25) is 4.79 Å². The van der Waals surface area contributed by atoms with E-state index >= 15 is 0 Å². The van der Waals surface area contributed by atoms with Crippen LogP contribution in [0.15, 0.2) is 41.1 Å². The van der Waals surface area contributed by atoms with Crippen molar-refractivity contribution in [3.05, 3.63) is 63.0 Å². The van der Waals surface area contributed by atoms with Crippen LogP contribution in [0.4, 0.5) is 0 Å². The van der Waals surface area contributed by atoms with Crippen LogP contribution in [0.2, 0.25) is 5.02 Å². The zero-order chi connectivity index (χ0) is 20.2. The Labute approximate surface area is 180 Å². The Balaban J connectivity index is 1.37. The lowest BCUT2D eigenvalue weighted by Crippen LogP contribution is -2.65. The molecule has 0 unspecified atom stereocenters. The minimum absolute atomic E-state index is 0.155. The first kappa shape index (κ1) is 19.0. The van der Waals surface area contributed by atoms with Gasteiger partial charge in [0.05, 0.1) is 16.1 Å². The molecule has 2 N–H and O–H groups in total. The van der Waals surface area contributed by atoms with Crippen molar-refractivity contribution in [2.24, 2.45) is 0 Å². The molecule has 0 saturated carbocycles. The fourth-order valence-corrected chi connectivity index (χ4v) is 4.87. The van der Waals surface area contributed by atoms with Gasteiger partial charge >= 0.3 is 0 Å². The van der Waals surface area contributed by atoms with Gasteiger partial charge in [0.25, 0.3) is 5.91 Å². The molecular weight excluding hydrogens is 458 g/mol. The molecular formula is C20H19BrClN5O2. The second-order valence-electron chi connectivity index (χ2n) is 7.68. The third kappa shape index (κ3) is 3.15. The Morgan fingerprint density at radius 3 is 2.93 bits per heavy atom. The average molecular weight is 477 g/mol. The van der Waals surface area contributed by atoms with Gasteiger partial charge in [-0.1, -0.05) is 35.9 Å². The molecule has 1 saturated heterocycles. The van der Waals surface area contributed by atoms with Crippen LogP contribution in [0.5, 0.6) is 0 Å². The quantitative estimate of drug-likeness (QED) is 0.564. The van der Waals surface area contributed by atoms with Crippen molar-refractivity contribution in [1.82, 2.24) is 24.8 Å². The number of aliphatic hydroxyl groups excluding tert-OH is 1. The van der Waals surface area contributed by atoms with E-state index in [0.717, 1.165) is 17.4 Å². The fraction of sp³-hybridized carbons (Fsp3) is 0.350. The van der Waals surface area contributed by atoms with Gasteiger partial charge in [-0.2, -0.15) is 5.10 Å². The minimum atomic E-state index is -0.684. The van der Waals surface area contributed by atoms with Crippen molar-refractivity contribution in [2.75, 3.05) is 13.1 Å². The highest BCUT2D eigenvalue weighted by atomic mass is 79.9. The molecule has 0 radical (unpaired) electrons.